The second-order valence-corrected chi connectivity index (χ2v) is 5.93. The van der Waals surface area contributed by atoms with Gasteiger partial charge >= 0.3 is 0 Å². The minimum absolute atomic E-state index is 0.00312. The fourth-order valence-corrected chi connectivity index (χ4v) is 2.99. The first-order chi connectivity index (χ1) is 11.7. The van der Waals surface area contributed by atoms with Crippen LogP contribution < -0.4 is 10.6 Å². The molecule has 2 atom stereocenters. The first-order valence-electron chi connectivity index (χ1n) is 8.02. The standard InChI is InChI=1S/C19H20N2O3/c22-12-13-5-4-8-15(11-13)19(24)20-16-9-10-17(23)21-18(16)14-6-2-1-3-7-14/h1-8,11,16,18,22H,9-10,12H2,(H,20,24)(H,21,23)/t16-,18+/m1/s1. The van der Waals surface area contributed by atoms with Crippen LogP contribution in [0.25, 0.3) is 0 Å². The van der Waals surface area contributed by atoms with Gasteiger partial charge in [0.15, 0.2) is 0 Å². The summed E-state index contributed by atoms with van der Waals surface area (Å²) in [5, 5.41) is 15.2. The molecule has 5 nitrogen and oxygen atoms in total. The van der Waals surface area contributed by atoms with Crippen LogP contribution in [0.15, 0.2) is 54.6 Å². The molecule has 3 N–H and O–H groups in total. The summed E-state index contributed by atoms with van der Waals surface area (Å²) in [4.78, 5) is 24.3. The Morgan fingerprint density at radius 3 is 2.71 bits per heavy atom. The number of benzene rings is 2. The maximum absolute atomic E-state index is 12.5. The van der Waals surface area contributed by atoms with Crippen molar-refractivity contribution in [2.24, 2.45) is 0 Å². The van der Waals surface area contributed by atoms with Gasteiger partial charge in [0, 0.05) is 12.0 Å². The summed E-state index contributed by atoms with van der Waals surface area (Å²) in [6.45, 7) is -0.104. The summed E-state index contributed by atoms with van der Waals surface area (Å²) < 4.78 is 0. The highest BCUT2D eigenvalue weighted by molar-refractivity contribution is 5.94. The van der Waals surface area contributed by atoms with Gasteiger partial charge in [0.2, 0.25) is 5.91 Å². The normalized spacial score (nSPS) is 20.3. The van der Waals surface area contributed by atoms with Gasteiger partial charge < -0.3 is 15.7 Å². The van der Waals surface area contributed by atoms with Crippen LogP contribution in [0.4, 0.5) is 0 Å². The van der Waals surface area contributed by atoms with Crippen molar-refractivity contribution < 1.29 is 14.7 Å². The third-order valence-electron chi connectivity index (χ3n) is 4.25. The molecule has 0 bridgehead atoms. The second-order valence-electron chi connectivity index (χ2n) is 5.93. The zero-order valence-corrected chi connectivity index (χ0v) is 13.2. The van der Waals surface area contributed by atoms with Gasteiger partial charge in [-0.05, 0) is 29.7 Å². The van der Waals surface area contributed by atoms with Gasteiger partial charge in [0.05, 0.1) is 18.7 Å². The van der Waals surface area contributed by atoms with Crippen molar-refractivity contribution in [1.29, 1.82) is 0 Å². The number of amides is 2. The average Bonchev–Trinajstić information content (AvgIpc) is 2.64. The van der Waals surface area contributed by atoms with Crippen molar-refractivity contribution in [3.05, 3.63) is 71.3 Å². The van der Waals surface area contributed by atoms with E-state index in [0.717, 1.165) is 5.56 Å². The summed E-state index contributed by atoms with van der Waals surface area (Å²) in [6.07, 6.45) is 0.988. The third-order valence-corrected chi connectivity index (χ3v) is 4.25. The van der Waals surface area contributed by atoms with Crippen LogP contribution in [0, 0.1) is 0 Å². The van der Waals surface area contributed by atoms with Gasteiger partial charge in [-0.3, -0.25) is 9.59 Å². The first-order valence-corrected chi connectivity index (χ1v) is 8.02. The van der Waals surface area contributed by atoms with E-state index in [1.165, 1.54) is 0 Å². The van der Waals surface area contributed by atoms with Crippen molar-refractivity contribution >= 4 is 11.8 Å². The summed E-state index contributed by atoms with van der Waals surface area (Å²) in [6, 6.07) is 16.1. The Morgan fingerprint density at radius 2 is 1.96 bits per heavy atom. The number of piperidine rings is 1. The van der Waals surface area contributed by atoms with Crippen LogP contribution in [0.2, 0.25) is 0 Å². The van der Waals surface area contributed by atoms with Crippen LogP contribution in [0.1, 0.15) is 40.4 Å². The number of carbonyl (C=O) groups excluding carboxylic acids is 2. The van der Waals surface area contributed by atoms with E-state index < -0.39 is 0 Å². The number of aliphatic hydroxyl groups is 1. The van der Waals surface area contributed by atoms with Crippen LogP contribution in [0.5, 0.6) is 0 Å². The molecule has 0 radical (unpaired) electrons. The van der Waals surface area contributed by atoms with Crippen molar-refractivity contribution in [2.45, 2.75) is 31.5 Å². The Bertz CT molecular complexity index is 730. The van der Waals surface area contributed by atoms with Gasteiger partial charge in [-0.2, -0.15) is 0 Å². The highest BCUT2D eigenvalue weighted by atomic mass is 16.3. The fourth-order valence-electron chi connectivity index (χ4n) is 2.99. The van der Waals surface area contributed by atoms with Gasteiger partial charge in [-0.15, -0.1) is 0 Å². The number of aliphatic hydroxyl groups excluding tert-OH is 1. The largest absolute Gasteiger partial charge is 0.392 e. The minimum Gasteiger partial charge on any atom is -0.392 e. The predicted octanol–water partition coefficient (Wildman–Crippen LogP) is 1.93. The molecule has 0 aromatic heterocycles. The maximum atomic E-state index is 12.5. The Labute approximate surface area is 140 Å². The number of hydrogen-bond donors (Lipinski definition) is 3. The van der Waals surface area contributed by atoms with Crippen LogP contribution in [0.3, 0.4) is 0 Å². The lowest BCUT2D eigenvalue weighted by molar-refractivity contribution is -0.123. The summed E-state index contributed by atoms with van der Waals surface area (Å²) in [5.41, 5.74) is 2.17. The van der Waals surface area contributed by atoms with E-state index in [9.17, 15) is 14.7 Å². The molecule has 3 rings (SSSR count). The van der Waals surface area contributed by atoms with Crippen molar-refractivity contribution in [1.82, 2.24) is 10.6 Å². The average molecular weight is 324 g/mol. The molecule has 124 valence electrons. The van der Waals surface area contributed by atoms with Gasteiger partial charge in [0.25, 0.3) is 5.91 Å². The number of nitrogens with one attached hydrogen (secondary N) is 2. The molecule has 1 heterocycles. The van der Waals surface area contributed by atoms with Gasteiger partial charge in [0.1, 0.15) is 0 Å². The third kappa shape index (κ3) is 3.63. The van der Waals surface area contributed by atoms with Crippen LogP contribution >= 0.6 is 0 Å². The van der Waals surface area contributed by atoms with Crippen LogP contribution in [-0.2, 0) is 11.4 Å². The summed E-state index contributed by atoms with van der Waals surface area (Å²) >= 11 is 0. The SMILES string of the molecule is O=C1CC[C@@H](NC(=O)c2cccc(CO)c2)[C@H](c2ccccc2)N1. The Kier molecular flexibility index (Phi) is 4.91. The van der Waals surface area contributed by atoms with Crippen LogP contribution in [-0.4, -0.2) is 23.0 Å². The molecule has 2 amide bonds. The summed E-state index contributed by atoms with van der Waals surface area (Å²) in [7, 11) is 0. The monoisotopic (exact) mass is 324 g/mol. The van der Waals surface area contributed by atoms with E-state index in [1.54, 1.807) is 24.3 Å². The Balaban J connectivity index is 1.78. The van der Waals surface area contributed by atoms with Crippen molar-refractivity contribution in [3.8, 4) is 0 Å². The molecule has 5 heteroatoms. The number of rotatable bonds is 4. The van der Waals surface area contributed by atoms with Crippen molar-refractivity contribution in [2.75, 3.05) is 0 Å². The molecular formula is C19H20N2O3. The Hall–Kier alpha value is -2.66. The van der Waals surface area contributed by atoms with E-state index in [1.807, 2.05) is 30.3 Å². The predicted molar refractivity (Wildman–Crippen MR) is 90.2 cm³/mol. The lowest BCUT2D eigenvalue weighted by Gasteiger charge is -2.33. The minimum atomic E-state index is -0.238. The molecule has 0 aliphatic carbocycles. The second kappa shape index (κ2) is 7.27. The molecule has 1 aliphatic heterocycles. The molecule has 1 aliphatic rings. The lowest BCUT2D eigenvalue weighted by atomic mass is 9.91. The molecule has 24 heavy (non-hydrogen) atoms. The summed E-state index contributed by atoms with van der Waals surface area (Å²) in [5.74, 6) is -0.205. The first kappa shape index (κ1) is 16.2. The van der Waals surface area contributed by atoms with E-state index in [0.29, 0.717) is 24.0 Å². The smallest absolute Gasteiger partial charge is 0.251 e. The lowest BCUT2D eigenvalue weighted by Crippen LogP contribution is -2.50. The van der Waals surface area contributed by atoms with Crippen molar-refractivity contribution in [3.63, 3.8) is 0 Å². The molecule has 2 aromatic rings. The van der Waals surface area contributed by atoms with E-state index >= 15 is 0 Å². The Morgan fingerprint density at radius 1 is 1.17 bits per heavy atom. The zero-order chi connectivity index (χ0) is 16.9. The van der Waals surface area contributed by atoms with E-state index in [-0.39, 0.29) is 30.5 Å². The topological polar surface area (TPSA) is 78.4 Å². The fraction of sp³-hybridized carbons (Fsp3) is 0.263. The van der Waals surface area contributed by atoms with E-state index in [4.69, 9.17) is 0 Å². The molecular weight excluding hydrogens is 304 g/mol. The van der Waals surface area contributed by atoms with Gasteiger partial charge in [-0.1, -0.05) is 42.5 Å². The quantitative estimate of drug-likeness (QED) is 0.804. The zero-order valence-electron chi connectivity index (χ0n) is 13.2. The number of carbonyl (C=O) groups is 2. The maximum Gasteiger partial charge on any atom is 0.251 e. The number of hydrogen-bond acceptors (Lipinski definition) is 3. The molecule has 0 spiro atoms. The van der Waals surface area contributed by atoms with E-state index in [2.05, 4.69) is 10.6 Å². The molecule has 1 saturated heterocycles. The molecule has 1 fully saturated rings. The highest BCUT2D eigenvalue weighted by Crippen LogP contribution is 2.24. The van der Waals surface area contributed by atoms with Gasteiger partial charge in [-0.25, -0.2) is 0 Å². The molecule has 0 unspecified atom stereocenters. The molecule has 2 aromatic carbocycles. The molecule has 0 saturated carbocycles. The highest BCUT2D eigenvalue weighted by Gasteiger charge is 2.31.